The maximum absolute atomic E-state index is 13.5. The minimum Gasteiger partial charge on any atom is -0.353 e. The van der Waals surface area contributed by atoms with Crippen molar-refractivity contribution in [3.05, 3.63) is 35.9 Å². The zero-order valence-electron chi connectivity index (χ0n) is 16.8. The number of hydrogen-bond donors (Lipinski definition) is 1. The Morgan fingerprint density at radius 2 is 1.52 bits per heavy atom. The molecule has 6 rings (SSSR count). The number of rotatable bonds is 5. The summed E-state index contributed by atoms with van der Waals surface area (Å²) in [7, 11) is 0. The SMILES string of the molecule is C[C@H](NC(=O)[C@@H](c1ccccc1)C1CCCC1)C12CC3CC(CC(C3)C1)C2. The molecule has 5 saturated carbocycles. The fourth-order valence-corrected chi connectivity index (χ4v) is 7.75. The zero-order chi connectivity index (χ0) is 18.4. The van der Waals surface area contributed by atoms with Gasteiger partial charge < -0.3 is 5.32 Å². The standard InChI is InChI=1S/C25H35NO/c1-17(25-14-18-11-19(15-25)13-20(12-18)16-25)26-24(27)23(22-9-5-6-10-22)21-7-3-2-4-8-21/h2-4,7-8,17-20,22-23H,5-6,9-16H2,1H3,(H,26,27)/t17-,18?,19?,20?,23-,25?/m0/s1. The van der Waals surface area contributed by atoms with Gasteiger partial charge in [-0.25, -0.2) is 0 Å². The molecule has 1 aromatic carbocycles. The highest BCUT2D eigenvalue weighted by Crippen LogP contribution is 2.61. The van der Waals surface area contributed by atoms with Gasteiger partial charge in [0.05, 0.1) is 5.92 Å². The van der Waals surface area contributed by atoms with Crippen molar-refractivity contribution in [1.82, 2.24) is 5.32 Å². The molecule has 5 aliphatic rings. The lowest BCUT2D eigenvalue weighted by Gasteiger charge is -2.59. The molecule has 2 nitrogen and oxygen atoms in total. The second kappa shape index (κ2) is 6.94. The molecule has 5 aliphatic carbocycles. The first kappa shape index (κ1) is 17.8. The molecule has 0 heterocycles. The van der Waals surface area contributed by atoms with Crippen molar-refractivity contribution in [1.29, 1.82) is 0 Å². The lowest BCUT2D eigenvalue weighted by molar-refractivity contribution is -0.128. The Hall–Kier alpha value is -1.31. The largest absolute Gasteiger partial charge is 0.353 e. The predicted octanol–water partition coefficient (Wildman–Crippen LogP) is 5.68. The molecule has 0 aromatic heterocycles. The topological polar surface area (TPSA) is 29.1 Å². The normalized spacial score (nSPS) is 37.3. The quantitative estimate of drug-likeness (QED) is 0.714. The van der Waals surface area contributed by atoms with E-state index in [9.17, 15) is 4.79 Å². The molecule has 1 N–H and O–H groups in total. The van der Waals surface area contributed by atoms with E-state index < -0.39 is 0 Å². The van der Waals surface area contributed by atoms with E-state index in [1.165, 1.54) is 69.8 Å². The second-order valence-electron chi connectivity index (χ2n) is 10.4. The van der Waals surface area contributed by atoms with Crippen LogP contribution in [0.4, 0.5) is 0 Å². The molecular weight excluding hydrogens is 330 g/mol. The maximum Gasteiger partial charge on any atom is 0.228 e. The van der Waals surface area contributed by atoms with Gasteiger partial charge in [-0.3, -0.25) is 4.79 Å². The first-order chi connectivity index (χ1) is 13.1. The van der Waals surface area contributed by atoms with Gasteiger partial charge in [-0.2, -0.15) is 0 Å². The maximum atomic E-state index is 13.5. The third-order valence-corrected chi connectivity index (χ3v) is 8.68. The Kier molecular flexibility index (Phi) is 4.57. The van der Waals surface area contributed by atoms with Gasteiger partial charge in [-0.15, -0.1) is 0 Å². The van der Waals surface area contributed by atoms with Crippen LogP contribution < -0.4 is 5.32 Å². The molecule has 0 unspecified atom stereocenters. The van der Waals surface area contributed by atoms with Crippen LogP contribution in [0.5, 0.6) is 0 Å². The number of amides is 1. The second-order valence-corrected chi connectivity index (χ2v) is 10.4. The fraction of sp³-hybridized carbons (Fsp3) is 0.720. The van der Waals surface area contributed by atoms with Crippen molar-refractivity contribution in [2.75, 3.05) is 0 Å². The summed E-state index contributed by atoms with van der Waals surface area (Å²) in [6, 6.07) is 10.9. The molecule has 2 heteroatoms. The Morgan fingerprint density at radius 3 is 2.07 bits per heavy atom. The average Bonchev–Trinajstić information content (AvgIpc) is 3.16. The third-order valence-electron chi connectivity index (χ3n) is 8.68. The Balaban J connectivity index is 1.35. The Bertz CT molecular complexity index is 640. The van der Waals surface area contributed by atoms with E-state index in [0.717, 1.165) is 17.8 Å². The highest BCUT2D eigenvalue weighted by molar-refractivity contribution is 5.84. The average molecular weight is 366 g/mol. The number of nitrogens with one attached hydrogen (secondary N) is 1. The van der Waals surface area contributed by atoms with E-state index in [2.05, 4.69) is 42.6 Å². The smallest absolute Gasteiger partial charge is 0.228 e. The number of hydrogen-bond acceptors (Lipinski definition) is 1. The van der Waals surface area contributed by atoms with E-state index in [4.69, 9.17) is 0 Å². The van der Waals surface area contributed by atoms with Crippen LogP contribution in [0.1, 0.15) is 82.6 Å². The van der Waals surface area contributed by atoms with E-state index >= 15 is 0 Å². The lowest BCUT2D eigenvalue weighted by atomic mass is 9.48. The molecule has 4 bridgehead atoms. The van der Waals surface area contributed by atoms with Crippen molar-refractivity contribution >= 4 is 5.91 Å². The van der Waals surface area contributed by atoms with E-state index in [1.54, 1.807) is 0 Å². The van der Waals surface area contributed by atoms with Gasteiger partial charge in [-0.05, 0) is 92.9 Å². The summed E-state index contributed by atoms with van der Waals surface area (Å²) in [6.45, 7) is 2.32. The van der Waals surface area contributed by atoms with Gasteiger partial charge in [0.15, 0.2) is 0 Å². The molecular formula is C25H35NO. The molecule has 27 heavy (non-hydrogen) atoms. The highest BCUT2D eigenvalue weighted by atomic mass is 16.2. The Morgan fingerprint density at radius 1 is 0.963 bits per heavy atom. The van der Waals surface area contributed by atoms with Gasteiger partial charge >= 0.3 is 0 Å². The molecule has 0 aliphatic heterocycles. The van der Waals surface area contributed by atoms with Crippen LogP contribution in [-0.4, -0.2) is 11.9 Å². The van der Waals surface area contributed by atoms with Crippen molar-refractivity contribution in [3.8, 4) is 0 Å². The van der Waals surface area contributed by atoms with Gasteiger partial charge in [0, 0.05) is 6.04 Å². The Labute approximate surface area is 164 Å². The van der Waals surface area contributed by atoms with Gasteiger partial charge in [-0.1, -0.05) is 43.2 Å². The zero-order valence-corrected chi connectivity index (χ0v) is 16.8. The minimum absolute atomic E-state index is 0.0464. The van der Waals surface area contributed by atoms with Crippen LogP contribution in [0.15, 0.2) is 30.3 Å². The first-order valence-corrected chi connectivity index (χ1v) is 11.5. The van der Waals surface area contributed by atoms with E-state index in [0.29, 0.717) is 23.3 Å². The van der Waals surface area contributed by atoms with Crippen molar-refractivity contribution < 1.29 is 4.79 Å². The summed E-state index contributed by atoms with van der Waals surface area (Å²) in [5.74, 6) is 3.69. The van der Waals surface area contributed by atoms with Crippen LogP contribution in [0, 0.1) is 29.1 Å². The first-order valence-electron chi connectivity index (χ1n) is 11.5. The predicted molar refractivity (Wildman–Crippen MR) is 109 cm³/mol. The summed E-state index contributed by atoms with van der Waals surface area (Å²) in [6.07, 6.45) is 13.5. The summed E-state index contributed by atoms with van der Waals surface area (Å²) < 4.78 is 0. The molecule has 1 amide bonds. The van der Waals surface area contributed by atoms with Gasteiger partial charge in [0.1, 0.15) is 0 Å². The number of carbonyl (C=O) groups is 1. The molecule has 0 saturated heterocycles. The van der Waals surface area contributed by atoms with Gasteiger partial charge in [0.2, 0.25) is 5.91 Å². The van der Waals surface area contributed by atoms with Crippen LogP contribution >= 0.6 is 0 Å². The molecule has 1 aromatic rings. The van der Waals surface area contributed by atoms with Crippen molar-refractivity contribution in [2.24, 2.45) is 29.1 Å². The molecule has 5 fully saturated rings. The van der Waals surface area contributed by atoms with Crippen molar-refractivity contribution in [3.63, 3.8) is 0 Å². The van der Waals surface area contributed by atoms with Gasteiger partial charge in [0.25, 0.3) is 0 Å². The van der Waals surface area contributed by atoms with Crippen LogP contribution in [0.2, 0.25) is 0 Å². The number of benzene rings is 1. The molecule has 146 valence electrons. The highest BCUT2D eigenvalue weighted by Gasteiger charge is 2.53. The third kappa shape index (κ3) is 3.23. The van der Waals surface area contributed by atoms with Crippen LogP contribution in [0.3, 0.4) is 0 Å². The molecule has 2 atom stereocenters. The molecule has 0 radical (unpaired) electrons. The lowest BCUT2D eigenvalue weighted by Crippen LogP contribution is -2.56. The van der Waals surface area contributed by atoms with Crippen molar-refractivity contribution in [2.45, 2.75) is 83.1 Å². The fourth-order valence-electron chi connectivity index (χ4n) is 7.75. The van der Waals surface area contributed by atoms with Crippen LogP contribution in [0.25, 0.3) is 0 Å². The summed E-state index contributed by atoms with van der Waals surface area (Å²) >= 11 is 0. The van der Waals surface area contributed by atoms with Crippen LogP contribution in [-0.2, 0) is 4.79 Å². The summed E-state index contributed by atoms with van der Waals surface area (Å²) in [4.78, 5) is 13.5. The summed E-state index contributed by atoms with van der Waals surface area (Å²) in [5, 5.41) is 3.57. The van der Waals surface area contributed by atoms with E-state index in [1.807, 2.05) is 0 Å². The number of carbonyl (C=O) groups excluding carboxylic acids is 1. The summed E-state index contributed by atoms with van der Waals surface area (Å²) in [5.41, 5.74) is 1.61. The minimum atomic E-state index is 0.0464. The monoisotopic (exact) mass is 365 g/mol. The van der Waals surface area contributed by atoms with E-state index in [-0.39, 0.29) is 5.92 Å². The molecule has 0 spiro atoms.